The molecule has 1 aromatic rings. The largest absolute Gasteiger partial charge is 0.309 e. The third kappa shape index (κ3) is 2.30. The monoisotopic (exact) mass is 189 g/mol. The van der Waals surface area contributed by atoms with Crippen molar-refractivity contribution < 1.29 is 4.79 Å². The number of hydrogen-bond donors (Lipinski definition) is 1. The van der Waals surface area contributed by atoms with Crippen LogP contribution in [0.5, 0.6) is 0 Å². The molecule has 0 spiro atoms. The number of nitrogens with one attached hydrogen (secondary N) is 1. The second kappa shape index (κ2) is 4.38. The standard InChI is InChI=1S/C10H11N3O/c1-7(2)10(14)13-9-8(6-11)4-3-5-12-9/h3-5,7H,1-2H3,(H,12,13,14). The number of carbonyl (C=O) groups excluding carboxylic acids is 1. The molecule has 72 valence electrons. The van der Waals surface area contributed by atoms with Crippen LogP contribution in [0.2, 0.25) is 0 Å². The highest BCUT2D eigenvalue weighted by Crippen LogP contribution is 2.10. The molecule has 0 fully saturated rings. The Balaban J connectivity index is 2.87. The van der Waals surface area contributed by atoms with Gasteiger partial charge in [0.1, 0.15) is 11.9 Å². The van der Waals surface area contributed by atoms with Gasteiger partial charge in [-0.05, 0) is 12.1 Å². The van der Waals surface area contributed by atoms with Crippen molar-refractivity contribution in [3.05, 3.63) is 23.9 Å². The van der Waals surface area contributed by atoms with Crippen molar-refractivity contribution >= 4 is 11.7 Å². The average Bonchev–Trinajstić information content (AvgIpc) is 2.18. The number of pyridine rings is 1. The maximum atomic E-state index is 11.3. The maximum absolute atomic E-state index is 11.3. The predicted octanol–water partition coefficient (Wildman–Crippen LogP) is 1.55. The first kappa shape index (κ1) is 10.2. The lowest BCUT2D eigenvalue weighted by atomic mass is 10.2. The van der Waals surface area contributed by atoms with E-state index in [2.05, 4.69) is 10.3 Å². The topological polar surface area (TPSA) is 65.8 Å². The Kier molecular flexibility index (Phi) is 3.19. The Labute approximate surface area is 82.6 Å². The highest BCUT2D eigenvalue weighted by atomic mass is 16.1. The van der Waals surface area contributed by atoms with E-state index in [0.29, 0.717) is 11.4 Å². The Morgan fingerprint density at radius 3 is 2.93 bits per heavy atom. The van der Waals surface area contributed by atoms with Crippen molar-refractivity contribution in [2.75, 3.05) is 5.32 Å². The molecule has 1 rings (SSSR count). The molecule has 0 aromatic carbocycles. The minimum absolute atomic E-state index is 0.122. The quantitative estimate of drug-likeness (QED) is 0.767. The van der Waals surface area contributed by atoms with Crippen molar-refractivity contribution in [1.82, 2.24) is 4.98 Å². The molecule has 1 N–H and O–H groups in total. The highest BCUT2D eigenvalue weighted by molar-refractivity contribution is 5.92. The summed E-state index contributed by atoms with van der Waals surface area (Å²) in [5.74, 6) is 0.0671. The van der Waals surface area contributed by atoms with Crippen LogP contribution in [0, 0.1) is 17.2 Å². The molecular weight excluding hydrogens is 178 g/mol. The van der Waals surface area contributed by atoms with Gasteiger partial charge < -0.3 is 5.32 Å². The Bertz CT molecular complexity index is 379. The van der Waals surface area contributed by atoms with Gasteiger partial charge in [-0.2, -0.15) is 5.26 Å². The van der Waals surface area contributed by atoms with Crippen LogP contribution in [0.1, 0.15) is 19.4 Å². The lowest BCUT2D eigenvalue weighted by Gasteiger charge is -2.07. The van der Waals surface area contributed by atoms with E-state index < -0.39 is 0 Å². The summed E-state index contributed by atoms with van der Waals surface area (Å²) >= 11 is 0. The van der Waals surface area contributed by atoms with Crippen LogP contribution in [0.25, 0.3) is 0 Å². The lowest BCUT2D eigenvalue weighted by Crippen LogP contribution is -2.19. The highest BCUT2D eigenvalue weighted by Gasteiger charge is 2.10. The molecule has 0 unspecified atom stereocenters. The molecule has 0 radical (unpaired) electrons. The third-order valence-corrected chi connectivity index (χ3v) is 1.69. The van der Waals surface area contributed by atoms with Crippen molar-refractivity contribution in [3.63, 3.8) is 0 Å². The van der Waals surface area contributed by atoms with Gasteiger partial charge in [0.05, 0.1) is 5.56 Å². The van der Waals surface area contributed by atoms with Gasteiger partial charge in [0, 0.05) is 12.1 Å². The van der Waals surface area contributed by atoms with E-state index in [0.717, 1.165) is 0 Å². The zero-order chi connectivity index (χ0) is 10.6. The van der Waals surface area contributed by atoms with Gasteiger partial charge in [0.25, 0.3) is 0 Å². The summed E-state index contributed by atoms with van der Waals surface area (Å²) < 4.78 is 0. The zero-order valence-corrected chi connectivity index (χ0v) is 8.11. The second-order valence-electron chi connectivity index (χ2n) is 3.16. The molecular formula is C10H11N3O. The van der Waals surface area contributed by atoms with Gasteiger partial charge >= 0.3 is 0 Å². The van der Waals surface area contributed by atoms with Crippen LogP contribution in [0.3, 0.4) is 0 Å². The first-order valence-corrected chi connectivity index (χ1v) is 4.31. The van der Waals surface area contributed by atoms with E-state index in [4.69, 9.17) is 5.26 Å². The predicted molar refractivity (Wildman–Crippen MR) is 52.4 cm³/mol. The SMILES string of the molecule is CC(C)C(=O)Nc1ncccc1C#N. The molecule has 0 aliphatic heterocycles. The summed E-state index contributed by atoms with van der Waals surface area (Å²) in [4.78, 5) is 15.2. The minimum atomic E-state index is -0.139. The van der Waals surface area contributed by atoms with E-state index in [9.17, 15) is 4.79 Å². The van der Waals surface area contributed by atoms with Gasteiger partial charge in [0.2, 0.25) is 5.91 Å². The maximum Gasteiger partial charge on any atom is 0.228 e. The van der Waals surface area contributed by atoms with E-state index in [1.54, 1.807) is 26.0 Å². The van der Waals surface area contributed by atoms with Crippen LogP contribution in [0.4, 0.5) is 5.82 Å². The number of aromatic nitrogens is 1. The summed E-state index contributed by atoms with van der Waals surface area (Å²) in [6, 6.07) is 5.23. The molecule has 1 heterocycles. The normalized spacial score (nSPS) is 9.57. The molecule has 14 heavy (non-hydrogen) atoms. The van der Waals surface area contributed by atoms with E-state index in [1.165, 1.54) is 6.20 Å². The number of hydrogen-bond acceptors (Lipinski definition) is 3. The van der Waals surface area contributed by atoms with E-state index >= 15 is 0 Å². The van der Waals surface area contributed by atoms with Crippen LogP contribution >= 0.6 is 0 Å². The van der Waals surface area contributed by atoms with Gasteiger partial charge in [0.15, 0.2) is 0 Å². The number of carbonyl (C=O) groups is 1. The number of anilines is 1. The first-order valence-electron chi connectivity index (χ1n) is 4.31. The summed E-state index contributed by atoms with van der Waals surface area (Å²) in [6.45, 7) is 3.56. The Morgan fingerprint density at radius 1 is 1.64 bits per heavy atom. The third-order valence-electron chi connectivity index (χ3n) is 1.69. The van der Waals surface area contributed by atoms with Crippen molar-refractivity contribution in [2.45, 2.75) is 13.8 Å². The minimum Gasteiger partial charge on any atom is -0.309 e. The van der Waals surface area contributed by atoms with Crippen LogP contribution in [-0.4, -0.2) is 10.9 Å². The van der Waals surface area contributed by atoms with Gasteiger partial charge in [-0.15, -0.1) is 0 Å². The fourth-order valence-corrected chi connectivity index (χ4v) is 0.856. The number of nitriles is 1. The fraction of sp³-hybridized carbons (Fsp3) is 0.300. The summed E-state index contributed by atoms with van der Waals surface area (Å²) in [5, 5.41) is 11.3. The summed E-state index contributed by atoms with van der Waals surface area (Å²) in [6.07, 6.45) is 1.54. The lowest BCUT2D eigenvalue weighted by molar-refractivity contribution is -0.118. The Hall–Kier alpha value is -1.89. The molecule has 4 heteroatoms. The molecule has 1 amide bonds. The molecule has 1 aromatic heterocycles. The molecule has 0 saturated carbocycles. The van der Waals surface area contributed by atoms with Crippen molar-refractivity contribution in [2.24, 2.45) is 5.92 Å². The molecule has 0 aliphatic rings. The molecule has 0 saturated heterocycles. The molecule has 0 atom stereocenters. The number of nitrogens with zero attached hydrogens (tertiary/aromatic N) is 2. The Morgan fingerprint density at radius 2 is 2.36 bits per heavy atom. The van der Waals surface area contributed by atoms with E-state index in [1.807, 2.05) is 6.07 Å². The van der Waals surface area contributed by atoms with E-state index in [-0.39, 0.29) is 11.8 Å². The second-order valence-corrected chi connectivity index (χ2v) is 3.16. The average molecular weight is 189 g/mol. The van der Waals surface area contributed by atoms with Gasteiger partial charge in [-0.25, -0.2) is 4.98 Å². The van der Waals surface area contributed by atoms with Crippen molar-refractivity contribution in [3.8, 4) is 6.07 Å². The number of amides is 1. The smallest absolute Gasteiger partial charge is 0.228 e. The van der Waals surface area contributed by atoms with Crippen LogP contribution in [-0.2, 0) is 4.79 Å². The first-order chi connectivity index (χ1) is 6.65. The van der Waals surface area contributed by atoms with Gasteiger partial charge in [-0.3, -0.25) is 4.79 Å². The molecule has 0 bridgehead atoms. The fourth-order valence-electron chi connectivity index (χ4n) is 0.856. The van der Waals surface area contributed by atoms with Crippen molar-refractivity contribution in [1.29, 1.82) is 5.26 Å². The number of rotatable bonds is 2. The van der Waals surface area contributed by atoms with Crippen LogP contribution < -0.4 is 5.32 Å². The molecule has 0 aliphatic carbocycles. The van der Waals surface area contributed by atoms with Crippen LogP contribution in [0.15, 0.2) is 18.3 Å². The summed E-state index contributed by atoms with van der Waals surface area (Å²) in [5.41, 5.74) is 0.376. The molecule has 4 nitrogen and oxygen atoms in total. The zero-order valence-electron chi connectivity index (χ0n) is 8.11. The summed E-state index contributed by atoms with van der Waals surface area (Å²) in [7, 11) is 0. The van der Waals surface area contributed by atoms with Gasteiger partial charge in [-0.1, -0.05) is 13.8 Å².